The third-order valence-electron chi connectivity index (χ3n) is 4.20. The second kappa shape index (κ2) is 4.43. The van der Waals surface area contributed by atoms with Crippen molar-refractivity contribution in [3.63, 3.8) is 0 Å². The van der Waals surface area contributed by atoms with Gasteiger partial charge >= 0.3 is 0 Å². The van der Waals surface area contributed by atoms with E-state index in [0.29, 0.717) is 0 Å². The summed E-state index contributed by atoms with van der Waals surface area (Å²) in [6.45, 7) is 3.13. The molecule has 1 aromatic heterocycles. The molecule has 1 aromatic rings. The predicted octanol–water partition coefficient (Wildman–Crippen LogP) is 1.42. The predicted molar refractivity (Wildman–Crippen MR) is 74.9 cm³/mol. The Hall–Kier alpha value is -1.29. The van der Waals surface area contributed by atoms with Crippen LogP contribution in [0.25, 0.3) is 0 Å². The molecule has 2 aliphatic heterocycles. The van der Waals surface area contributed by atoms with E-state index in [4.69, 9.17) is 10.7 Å². The first kappa shape index (κ1) is 11.8. The minimum Gasteiger partial charge on any atom is -0.398 e. The minimum absolute atomic E-state index is 0.950. The molecule has 0 bridgehead atoms. The van der Waals surface area contributed by atoms with Crippen LogP contribution in [0.4, 0.5) is 11.5 Å². The van der Waals surface area contributed by atoms with E-state index in [1.54, 1.807) is 0 Å². The van der Waals surface area contributed by atoms with E-state index < -0.39 is 0 Å². The Morgan fingerprint density at radius 2 is 1.89 bits per heavy atom. The van der Waals surface area contributed by atoms with Crippen molar-refractivity contribution in [2.45, 2.75) is 32.2 Å². The number of nitrogens with two attached hydrogens (primary N) is 1. The normalized spacial score (nSPS) is 20.2. The fourth-order valence-corrected chi connectivity index (χ4v) is 3.07. The highest BCUT2D eigenvalue weighted by molar-refractivity contribution is 5.66. The van der Waals surface area contributed by atoms with Crippen LogP contribution in [-0.4, -0.2) is 37.1 Å². The summed E-state index contributed by atoms with van der Waals surface area (Å²) in [6.07, 6.45) is 4.56. The van der Waals surface area contributed by atoms with Crippen molar-refractivity contribution >= 4 is 11.5 Å². The lowest BCUT2D eigenvalue weighted by Gasteiger charge is -2.29. The van der Waals surface area contributed by atoms with Crippen LogP contribution in [0.1, 0.15) is 29.7 Å². The lowest BCUT2D eigenvalue weighted by molar-refractivity contribution is 0.310. The topological polar surface area (TPSA) is 45.4 Å². The van der Waals surface area contributed by atoms with Gasteiger partial charge in [0.15, 0.2) is 0 Å². The first-order valence-electron chi connectivity index (χ1n) is 6.86. The van der Waals surface area contributed by atoms with Crippen molar-refractivity contribution in [2.24, 2.45) is 0 Å². The van der Waals surface area contributed by atoms with Crippen molar-refractivity contribution in [3.8, 4) is 0 Å². The van der Waals surface area contributed by atoms with E-state index in [-0.39, 0.29) is 0 Å². The van der Waals surface area contributed by atoms with Crippen molar-refractivity contribution in [1.82, 2.24) is 9.88 Å². The molecule has 2 N–H and O–H groups in total. The summed E-state index contributed by atoms with van der Waals surface area (Å²) in [5.74, 6) is 1.13. The maximum atomic E-state index is 6.43. The van der Waals surface area contributed by atoms with Crippen LogP contribution in [0.2, 0.25) is 0 Å². The summed E-state index contributed by atoms with van der Waals surface area (Å²) >= 11 is 0. The van der Waals surface area contributed by atoms with E-state index in [0.717, 1.165) is 44.0 Å². The summed E-state index contributed by atoms with van der Waals surface area (Å²) in [4.78, 5) is 9.51. The highest BCUT2D eigenvalue weighted by Crippen LogP contribution is 2.34. The Morgan fingerprint density at radius 3 is 2.72 bits per heavy atom. The largest absolute Gasteiger partial charge is 0.398 e. The molecule has 0 atom stereocenters. The number of fused-ring (bicyclic) bond motifs is 2. The van der Waals surface area contributed by atoms with Crippen molar-refractivity contribution in [2.75, 3.05) is 37.8 Å². The molecule has 0 amide bonds. The van der Waals surface area contributed by atoms with Gasteiger partial charge in [0, 0.05) is 49.9 Å². The number of pyridine rings is 1. The van der Waals surface area contributed by atoms with Crippen molar-refractivity contribution < 1.29 is 0 Å². The molecule has 18 heavy (non-hydrogen) atoms. The number of hydrogen-bond donors (Lipinski definition) is 1. The zero-order valence-electron chi connectivity index (χ0n) is 11.4. The molecule has 0 saturated carbocycles. The van der Waals surface area contributed by atoms with Crippen LogP contribution < -0.4 is 10.6 Å². The summed E-state index contributed by atoms with van der Waals surface area (Å²) in [5.41, 5.74) is 11.2. The summed E-state index contributed by atoms with van der Waals surface area (Å²) in [5, 5.41) is 0. The molecule has 98 valence electrons. The molecule has 2 aliphatic rings. The zero-order valence-corrected chi connectivity index (χ0v) is 11.4. The van der Waals surface area contributed by atoms with Crippen LogP contribution in [0.5, 0.6) is 0 Å². The second-order valence-electron chi connectivity index (χ2n) is 5.62. The first-order chi connectivity index (χ1) is 8.66. The molecule has 0 spiro atoms. The smallest absolute Gasteiger partial charge is 0.133 e. The Kier molecular flexibility index (Phi) is 2.90. The van der Waals surface area contributed by atoms with Gasteiger partial charge in [-0.15, -0.1) is 0 Å². The molecule has 0 aliphatic carbocycles. The Labute approximate surface area is 109 Å². The van der Waals surface area contributed by atoms with E-state index >= 15 is 0 Å². The Bertz CT molecular complexity index is 469. The quantitative estimate of drug-likeness (QED) is 0.752. The van der Waals surface area contributed by atoms with Gasteiger partial charge in [-0.2, -0.15) is 0 Å². The average Bonchev–Trinajstić information content (AvgIpc) is 2.54. The van der Waals surface area contributed by atoms with Crippen LogP contribution in [-0.2, 0) is 19.4 Å². The molecule has 0 saturated heterocycles. The second-order valence-corrected chi connectivity index (χ2v) is 5.62. The molecular weight excluding hydrogens is 224 g/mol. The highest BCUT2D eigenvalue weighted by atomic mass is 15.2. The van der Waals surface area contributed by atoms with E-state index in [2.05, 4.69) is 23.9 Å². The van der Waals surface area contributed by atoms with Gasteiger partial charge in [-0.1, -0.05) is 0 Å². The number of likely N-dealkylation sites (N-methyl/N-ethyl adjacent to an activating group) is 1. The van der Waals surface area contributed by atoms with Gasteiger partial charge in [0.25, 0.3) is 0 Å². The molecule has 3 heterocycles. The number of nitrogens with zero attached hydrogens (tertiary/aromatic N) is 3. The molecule has 0 radical (unpaired) electrons. The van der Waals surface area contributed by atoms with Gasteiger partial charge in [-0.3, -0.25) is 0 Å². The van der Waals surface area contributed by atoms with Crippen LogP contribution in [0, 0.1) is 0 Å². The molecule has 0 unspecified atom stereocenters. The van der Waals surface area contributed by atoms with Crippen LogP contribution in [0.15, 0.2) is 0 Å². The first-order valence-corrected chi connectivity index (χ1v) is 6.86. The number of hydrogen-bond acceptors (Lipinski definition) is 4. The molecular formula is C14H22N4. The Morgan fingerprint density at radius 1 is 1.06 bits per heavy atom. The third-order valence-corrected chi connectivity index (χ3v) is 4.20. The van der Waals surface area contributed by atoms with Gasteiger partial charge in [-0.05, 0) is 26.3 Å². The van der Waals surface area contributed by atoms with Gasteiger partial charge in [0.05, 0.1) is 5.69 Å². The minimum atomic E-state index is 0.950. The lowest BCUT2D eigenvalue weighted by atomic mass is 9.98. The highest BCUT2D eigenvalue weighted by Gasteiger charge is 2.24. The molecule has 3 rings (SSSR count). The maximum absolute atomic E-state index is 6.43. The molecule has 0 fully saturated rings. The van der Waals surface area contributed by atoms with E-state index in [1.165, 1.54) is 29.7 Å². The number of anilines is 2. The van der Waals surface area contributed by atoms with Gasteiger partial charge in [-0.25, -0.2) is 4.98 Å². The molecule has 0 aromatic carbocycles. The monoisotopic (exact) mass is 246 g/mol. The van der Waals surface area contributed by atoms with Crippen LogP contribution >= 0.6 is 0 Å². The summed E-state index contributed by atoms with van der Waals surface area (Å²) in [7, 11) is 4.29. The average molecular weight is 246 g/mol. The van der Waals surface area contributed by atoms with Crippen molar-refractivity contribution in [3.05, 3.63) is 16.8 Å². The number of rotatable bonds is 0. The zero-order chi connectivity index (χ0) is 12.7. The molecule has 4 nitrogen and oxygen atoms in total. The van der Waals surface area contributed by atoms with Crippen molar-refractivity contribution in [1.29, 1.82) is 0 Å². The SMILES string of the molecule is CN1CCc2nc3c(c(N)c2C1)CCCCN3C. The van der Waals surface area contributed by atoms with Crippen LogP contribution in [0.3, 0.4) is 0 Å². The summed E-state index contributed by atoms with van der Waals surface area (Å²) in [6, 6.07) is 0. The third kappa shape index (κ3) is 1.85. The fourth-order valence-electron chi connectivity index (χ4n) is 3.07. The lowest BCUT2D eigenvalue weighted by Crippen LogP contribution is -2.30. The van der Waals surface area contributed by atoms with Gasteiger partial charge < -0.3 is 15.5 Å². The Balaban J connectivity index is 2.12. The molecule has 4 heteroatoms. The number of nitrogen functional groups attached to an aromatic ring is 1. The summed E-state index contributed by atoms with van der Waals surface area (Å²) < 4.78 is 0. The standard InChI is InChI=1S/C14H22N4/c1-17-8-6-12-11(9-17)13(15)10-5-3-4-7-18(2)14(10)16-12/h3-9H2,1-2H3,(H2,15,16). The van der Waals surface area contributed by atoms with E-state index in [1.807, 2.05) is 0 Å². The van der Waals surface area contributed by atoms with Gasteiger partial charge in [0.2, 0.25) is 0 Å². The fraction of sp³-hybridized carbons (Fsp3) is 0.643. The number of aromatic nitrogens is 1. The maximum Gasteiger partial charge on any atom is 0.133 e. The van der Waals surface area contributed by atoms with E-state index in [9.17, 15) is 0 Å². The van der Waals surface area contributed by atoms with Gasteiger partial charge in [0.1, 0.15) is 5.82 Å².